The first-order valence-corrected chi connectivity index (χ1v) is 5.62. The minimum Gasteiger partial charge on any atom is -0.398 e. The number of hydrogen-bond acceptors (Lipinski definition) is 4. The van der Waals surface area contributed by atoms with Gasteiger partial charge in [0.2, 0.25) is 0 Å². The lowest BCUT2D eigenvalue weighted by atomic mass is 10.1. The van der Waals surface area contributed by atoms with Crippen LogP contribution in [0.2, 0.25) is 5.02 Å². The summed E-state index contributed by atoms with van der Waals surface area (Å²) in [5, 5.41) is 10.6. The number of aryl methyl sites for hydroxylation is 1. The molecule has 0 aliphatic heterocycles. The lowest BCUT2D eigenvalue weighted by Crippen LogP contribution is -2.25. The molecule has 0 fully saturated rings. The fourth-order valence-electron chi connectivity index (χ4n) is 1.50. The second kappa shape index (κ2) is 5.05. The second-order valence-corrected chi connectivity index (χ2v) is 4.15. The molecule has 2 rings (SSSR count). The van der Waals surface area contributed by atoms with Crippen LogP contribution >= 0.6 is 11.6 Å². The Labute approximate surface area is 109 Å². The van der Waals surface area contributed by atoms with Gasteiger partial charge in [0.15, 0.2) is 5.82 Å². The van der Waals surface area contributed by atoms with Gasteiger partial charge in [-0.2, -0.15) is 0 Å². The van der Waals surface area contributed by atoms with Crippen LogP contribution in [0.15, 0.2) is 24.5 Å². The number of rotatable bonds is 3. The van der Waals surface area contributed by atoms with Crippen molar-refractivity contribution < 1.29 is 4.79 Å². The number of carbonyl (C=O) groups excluding carboxylic acids is 1. The highest BCUT2D eigenvalue weighted by atomic mass is 35.5. The molecule has 0 aliphatic carbocycles. The zero-order valence-corrected chi connectivity index (χ0v) is 10.5. The summed E-state index contributed by atoms with van der Waals surface area (Å²) >= 11 is 5.94. The molecule has 0 atom stereocenters. The van der Waals surface area contributed by atoms with Crippen molar-refractivity contribution >= 4 is 23.2 Å². The van der Waals surface area contributed by atoms with Gasteiger partial charge in [-0.15, -0.1) is 10.2 Å². The number of anilines is 1. The molecule has 1 aromatic carbocycles. The largest absolute Gasteiger partial charge is 0.398 e. The van der Waals surface area contributed by atoms with Crippen LogP contribution in [0.5, 0.6) is 0 Å². The Morgan fingerprint density at radius 1 is 1.56 bits per heavy atom. The highest BCUT2D eigenvalue weighted by Gasteiger charge is 2.14. The van der Waals surface area contributed by atoms with Crippen LogP contribution in [-0.2, 0) is 13.6 Å². The van der Waals surface area contributed by atoms with Crippen LogP contribution in [-0.4, -0.2) is 20.7 Å². The summed E-state index contributed by atoms with van der Waals surface area (Å²) in [4.78, 5) is 12.0. The van der Waals surface area contributed by atoms with Gasteiger partial charge in [0, 0.05) is 12.7 Å². The number of nitrogens with two attached hydrogens (primary N) is 1. The first kappa shape index (κ1) is 12.4. The number of amides is 1. The number of nitrogens with zero attached hydrogens (tertiary/aromatic N) is 3. The van der Waals surface area contributed by atoms with E-state index in [1.807, 2.05) is 0 Å². The van der Waals surface area contributed by atoms with Crippen LogP contribution in [0.1, 0.15) is 16.2 Å². The normalized spacial score (nSPS) is 10.3. The van der Waals surface area contributed by atoms with E-state index in [1.54, 1.807) is 36.1 Å². The Morgan fingerprint density at radius 3 is 2.94 bits per heavy atom. The van der Waals surface area contributed by atoms with Gasteiger partial charge in [0.1, 0.15) is 6.33 Å². The molecule has 2 aromatic rings. The maximum atomic E-state index is 12.0. The van der Waals surface area contributed by atoms with Crippen molar-refractivity contribution in [2.45, 2.75) is 6.54 Å². The Kier molecular flexibility index (Phi) is 3.47. The van der Waals surface area contributed by atoms with Gasteiger partial charge < -0.3 is 15.6 Å². The summed E-state index contributed by atoms with van der Waals surface area (Å²) in [7, 11) is 1.80. The highest BCUT2D eigenvalue weighted by molar-refractivity contribution is 6.34. The van der Waals surface area contributed by atoms with Crippen molar-refractivity contribution in [3.05, 3.63) is 40.9 Å². The molecule has 0 saturated heterocycles. The number of benzene rings is 1. The van der Waals surface area contributed by atoms with E-state index in [1.165, 1.54) is 0 Å². The third-order valence-electron chi connectivity index (χ3n) is 2.49. The number of carbonyl (C=O) groups is 1. The van der Waals surface area contributed by atoms with E-state index in [4.69, 9.17) is 17.3 Å². The number of aromatic nitrogens is 3. The monoisotopic (exact) mass is 265 g/mol. The molecule has 0 radical (unpaired) electrons. The van der Waals surface area contributed by atoms with Crippen molar-refractivity contribution in [2.75, 3.05) is 5.73 Å². The molecule has 3 N–H and O–H groups in total. The molecular formula is C11H12ClN5O. The second-order valence-electron chi connectivity index (χ2n) is 3.74. The van der Waals surface area contributed by atoms with Gasteiger partial charge in [-0.3, -0.25) is 4.79 Å². The zero-order chi connectivity index (χ0) is 13.1. The summed E-state index contributed by atoms with van der Waals surface area (Å²) < 4.78 is 1.72. The third-order valence-corrected chi connectivity index (χ3v) is 2.80. The topological polar surface area (TPSA) is 85.8 Å². The number of nitrogens with one attached hydrogen (secondary N) is 1. The third kappa shape index (κ3) is 2.43. The Morgan fingerprint density at radius 2 is 2.33 bits per heavy atom. The molecular weight excluding hydrogens is 254 g/mol. The zero-order valence-electron chi connectivity index (χ0n) is 9.72. The van der Waals surface area contributed by atoms with Crippen LogP contribution < -0.4 is 11.1 Å². The van der Waals surface area contributed by atoms with E-state index in [0.717, 1.165) is 0 Å². The molecule has 0 saturated carbocycles. The number of halogens is 1. The van der Waals surface area contributed by atoms with Crippen molar-refractivity contribution in [3.8, 4) is 0 Å². The molecule has 1 amide bonds. The van der Waals surface area contributed by atoms with E-state index in [2.05, 4.69) is 15.5 Å². The molecule has 0 unspecified atom stereocenters. The van der Waals surface area contributed by atoms with E-state index in [-0.39, 0.29) is 18.0 Å². The number of nitrogen functional groups attached to an aromatic ring is 1. The maximum Gasteiger partial charge on any atom is 0.255 e. The average Bonchev–Trinajstić information content (AvgIpc) is 2.72. The van der Waals surface area contributed by atoms with E-state index in [9.17, 15) is 4.79 Å². The highest BCUT2D eigenvalue weighted by Crippen LogP contribution is 2.21. The smallest absolute Gasteiger partial charge is 0.255 e. The lowest BCUT2D eigenvalue weighted by Gasteiger charge is -2.08. The molecule has 7 heteroatoms. The summed E-state index contributed by atoms with van der Waals surface area (Å²) in [5.74, 6) is 0.315. The summed E-state index contributed by atoms with van der Waals surface area (Å²) in [6, 6.07) is 4.94. The predicted molar refractivity (Wildman–Crippen MR) is 68.0 cm³/mol. The van der Waals surface area contributed by atoms with Crippen LogP contribution in [0.3, 0.4) is 0 Å². The van der Waals surface area contributed by atoms with Gasteiger partial charge in [-0.1, -0.05) is 17.7 Å². The van der Waals surface area contributed by atoms with Gasteiger partial charge in [-0.25, -0.2) is 0 Å². The average molecular weight is 266 g/mol. The molecule has 1 aromatic heterocycles. The van der Waals surface area contributed by atoms with Crippen LogP contribution in [0.4, 0.5) is 5.69 Å². The predicted octanol–water partition coefficient (Wildman–Crippen LogP) is 0.981. The summed E-state index contributed by atoms with van der Waals surface area (Å²) in [6.07, 6.45) is 1.56. The van der Waals surface area contributed by atoms with E-state index < -0.39 is 0 Å². The Bertz CT molecular complexity index is 560. The van der Waals surface area contributed by atoms with Gasteiger partial charge in [-0.05, 0) is 12.1 Å². The standard InChI is InChI=1S/C11H12ClN5O/c1-17-6-15-16-9(17)5-14-11(18)10-7(12)3-2-4-8(10)13/h2-4,6H,5,13H2,1H3,(H,14,18). The first-order valence-electron chi connectivity index (χ1n) is 5.24. The molecule has 94 valence electrons. The van der Waals surface area contributed by atoms with Crippen molar-refractivity contribution in [1.29, 1.82) is 0 Å². The fraction of sp³-hybridized carbons (Fsp3) is 0.182. The molecule has 6 nitrogen and oxygen atoms in total. The van der Waals surface area contributed by atoms with Gasteiger partial charge >= 0.3 is 0 Å². The molecule has 1 heterocycles. The van der Waals surface area contributed by atoms with Crippen molar-refractivity contribution in [3.63, 3.8) is 0 Å². The van der Waals surface area contributed by atoms with Crippen molar-refractivity contribution in [2.24, 2.45) is 7.05 Å². The summed E-state index contributed by atoms with van der Waals surface area (Å²) in [6.45, 7) is 0.264. The minimum absolute atomic E-state index is 0.264. The SMILES string of the molecule is Cn1cnnc1CNC(=O)c1c(N)cccc1Cl. The van der Waals surface area contributed by atoms with Gasteiger partial charge in [0.05, 0.1) is 17.1 Å². The molecule has 0 aliphatic rings. The number of hydrogen-bond donors (Lipinski definition) is 2. The first-order chi connectivity index (χ1) is 8.59. The van der Waals surface area contributed by atoms with E-state index in [0.29, 0.717) is 16.5 Å². The molecule has 18 heavy (non-hydrogen) atoms. The Balaban J connectivity index is 2.11. The lowest BCUT2D eigenvalue weighted by molar-refractivity contribution is 0.0950. The maximum absolute atomic E-state index is 12.0. The van der Waals surface area contributed by atoms with Crippen LogP contribution in [0, 0.1) is 0 Å². The Hall–Kier alpha value is -2.08. The van der Waals surface area contributed by atoms with E-state index >= 15 is 0 Å². The van der Waals surface area contributed by atoms with Gasteiger partial charge in [0.25, 0.3) is 5.91 Å². The molecule has 0 spiro atoms. The quantitative estimate of drug-likeness (QED) is 0.810. The van der Waals surface area contributed by atoms with Crippen molar-refractivity contribution in [1.82, 2.24) is 20.1 Å². The van der Waals surface area contributed by atoms with Crippen LogP contribution in [0.25, 0.3) is 0 Å². The summed E-state index contributed by atoms with van der Waals surface area (Å²) in [5.41, 5.74) is 6.35. The fourth-order valence-corrected chi connectivity index (χ4v) is 1.76. The molecule has 0 bridgehead atoms. The minimum atomic E-state index is -0.332.